The maximum absolute atomic E-state index is 5.31. The molecule has 8 heteroatoms. The maximum Gasteiger partial charge on any atom is 0.323 e. The van der Waals surface area contributed by atoms with E-state index in [9.17, 15) is 0 Å². The summed E-state index contributed by atoms with van der Waals surface area (Å²) >= 11 is 3.39. The largest absolute Gasteiger partial charge is 0.467 e. The predicted octanol–water partition coefficient (Wildman–Crippen LogP) is 2.97. The van der Waals surface area contributed by atoms with Crippen molar-refractivity contribution in [3.05, 3.63) is 34.8 Å². The van der Waals surface area contributed by atoms with Crippen LogP contribution in [0.3, 0.4) is 0 Å². The number of hydrogen-bond donors (Lipinski definition) is 0. The van der Waals surface area contributed by atoms with Gasteiger partial charge in [-0.05, 0) is 12.1 Å². The normalized spacial score (nSPS) is 10.5. The first-order valence-corrected chi connectivity index (χ1v) is 7.06. The Hall–Kier alpha value is -2.48. The van der Waals surface area contributed by atoms with Crippen LogP contribution in [-0.2, 0) is 0 Å². The summed E-state index contributed by atoms with van der Waals surface area (Å²) in [7, 11) is 2.93. The zero-order chi connectivity index (χ0) is 15.5. The Labute approximate surface area is 134 Å². The Bertz CT molecular complexity index is 767. The van der Waals surface area contributed by atoms with E-state index in [1.807, 2.05) is 24.3 Å². The van der Waals surface area contributed by atoms with E-state index in [-0.39, 0.29) is 12.0 Å². The van der Waals surface area contributed by atoms with E-state index in [1.54, 1.807) is 6.07 Å². The lowest BCUT2D eigenvalue weighted by molar-refractivity contribution is 0.339. The molecule has 0 spiro atoms. The zero-order valence-electron chi connectivity index (χ0n) is 11.8. The highest BCUT2D eigenvalue weighted by Crippen LogP contribution is 2.26. The van der Waals surface area contributed by atoms with Crippen molar-refractivity contribution in [1.82, 2.24) is 20.1 Å². The van der Waals surface area contributed by atoms with Crippen molar-refractivity contribution >= 4 is 15.9 Å². The maximum atomic E-state index is 5.31. The average Bonchev–Trinajstić information content (AvgIpc) is 3.05. The van der Waals surface area contributed by atoms with Crippen LogP contribution in [0.15, 0.2) is 39.3 Å². The Morgan fingerprint density at radius 2 is 1.59 bits per heavy atom. The van der Waals surface area contributed by atoms with Crippen LogP contribution >= 0.6 is 15.9 Å². The van der Waals surface area contributed by atoms with Gasteiger partial charge in [-0.1, -0.05) is 33.2 Å². The molecular weight excluding hydrogens is 352 g/mol. The van der Waals surface area contributed by atoms with Crippen molar-refractivity contribution in [2.75, 3.05) is 14.2 Å². The molecule has 0 N–H and O–H groups in total. The minimum absolute atomic E-state index is 0.142. The second kappa shape index (κ2) is 6.10. The second-order valence-electron chi connectivity index (χ2n) is 4.22. The number of rotatable bonds is 4. The predicted molar refractivity (Wildman–Crippen MR) is 81.6 cm³/mol. The number of methoxy groups -OCH3 is 2. The van der Waals surface area contributed by atoms with Crippen molar-refractivity contribution in [3.63, 3.8) is 0 Å². The molecule has 1 aromatic carbocycles. The summed E-state index contributed by atoms with van der Waals surface area (Å²) in [5, 5.41) is 4.03. The van der Waals surface area contributed by atoms with Crippen LogP contribution in [0.5, 0.6) is 12.0 Å². The van der Waals surface area contributed by atoms with Gasteiger partial charge < -0.3 is 14.0 Å². The monoisotopic (exact) mass is 362 g/mol. The highest BCUT2D eigenvalue weighted by Gasteiger charge is 2.15. The molecule has 0 atom stereocenters. The Balaban J connectivity index is 1.98. The van der Waals surface area contributed by atoms with Gasteiger partial charge in [-0.25, -0.2) is 0 Å². The molecule has 7 nitrogen and oxygen atoms in total. The van der Waals surface area contributed by atoms with Crippen molar-refractivity contribution < 1.29 is 14.0 Å². The van der Waals surface area contributed by atoms with Crippen LogP contribution in [0, 0.1) is 0 Å². The summed E-state index contributed by atoms with van der Waals surface area (Å²) in [6.45, 7) is 0. The van der Waals surface area contributed by atoms with E-state index in [2.05, 4.69) is 36.0 Å². The number of nitrogens with zero attached hydrogens (tertiary/aromatic N) is 4. The SMILES string of the molecule is COc1nc(OC)nc(-c2cc(-c3ccc(Br)cc3)no2)n1. The van der Waals surface area contributed by atoms with E-state index in [0.29, 0.717) is 17.3 Å². The Morgan fingerprint density at radius 1 is 0.955 bits per heavy atom. The van der Waals surface area contributed by atoms with E-state index >= 15 is 0 Å². The number of hydrogen-bond acceptors (Lipinski definition) is 7. The summed E-state index contributed by atoms with van der Waals surface area (Å²) in [6, 6.07) is 9.75. The molecule has 0 aliphatic rings. The van der Waals surface area contributed by atoms with E-state index in [1.165, 1.54) is 14.2 Å². The van der Waals surface area contributed by atoms with Gasteiger partial charge in [0.25, 0.3) is 0 Å². The summed E-state index contributed by atoms with van der Waals surface area (Å²) in [4.78, 5) is 12.2. The molecule has 0 aliphatic heterocycles. The van der Waals surface area contributed by atoms with E-state index in [0.717, 1.165) is 10.0 Å². The summed E-state index contributed by atoms with van der Waals surface area (Å²) in [5.41, 5.74) is 1.60. The topological polar surface area (TPSA) is 83.2 Å². The fourth-order valence-electron chi connectivity index (χ4n) is 1.77. The van der Waals surface area contributed by atoms with Crippen molar-refractivity contribution in [1.29, 1.82) is 0 Å². The van der Waals surface area contributed by atoms with Gasteiger partial charge in [0.1, 0.15) is 5.69 Å². The number of aromatic nitrogens is 4. The first-order chi connectivity index (χ1) is 10.7. The standard InChI is InChI=1S/C14H11BrN4O3/c1-20-13-16-12(17-14(18-13)21-2)11-7-10(19-22-11)8-3-5-9(15)6-4-8/h3-7H,1-2H3. The van der Waals surface area contributed by atoms with Crippen LogP contribution in [0.1, 0.15) is 0 Å². The highest BCUT2D eigenvalue weighted by atomic mass is 79.9. The van der Waals surface area contributed by atoms with Gasteiger partial charge >= 0.3 is 12.0 Å². The minimum Gasteiger partial charge on any atom is -0.467 e. The second-order valence-corrected chi connectivity index (χ2v) is 5.13. The Kier molecular flexibility index (Phi) is 4.01. The molecule has 22 heavy (non-hydrogen) atoms. The van der Waals surface area contributed by atoms with Gasteiger partial charge in [0.2, 0.25) is 11.6 Å². The first kappa shape index (κ1) is 14.5. The fourth-order valence-corrected chi connectivity index (χ4v) is 2.03. The third-order valence-corrected chi connectivity index (χ3v) is 3.36. The lowest BCUT2D eigenvalue weighted by Gasteiger charge is -2.02. The first-order valence-electron chi connectivity index (χ1n) is 6.26. The minimum atomic E-state index is 0.142. The quantitative estimate of drug-likeness (QED) is 0.705. The van der Waals surface area contributed by atoms with Crippen molar-refractivity contribution in [2.24, 2.45) is 0 Å². The van der Waals surface area contributed by atoms with Crippen LogP contribution in [0.2, 0.25) is 0 Å². The molecule has 0 amide bonds. The average molecular weight is 363 g/mol. The van der Waals surface area contributed by atoms with Crippen LogP contribution in [0.25, 0.3) is 22.8 Å². The van der Waals surface area contributed by atoms with Crippen molar-refractivity contribution in [3.8, 4) is 34.9 Å². The van der Waals surface area contributed by atoms with Gasteiger partial charge in [-0.2, -0.15) is 9.97 Å². The Morgan fingerprint density at radius 3 is 2.18 bits per heavy atom. The highest BCUT2D eigenvalue weighted by molar-refractivity contribution is 9.10. The lowest BCUT2D eigenvalue weighted by atomic mass is 10.1. The van der Waals surface area contributed by atoms with Gasteiger partial charge in [-0.3, -0.25) is 0 Å². The molecule has 0 bridgehead atoms. The molecule has 3 rings (SSSR count). The van der Waals surface area contributed by atoms with Crippen LogP contribution < -0.4 is 9.47 Å². The molecule has 0 radical (unpaired) electrons. The third kappa shape index (κ3) is 2.91. The van der Waals surface area contributed by atoms with Gasteiger partial charge in [0.15, 0.2) is 0 Å². The summed E-state index contributed by atoms with van der Waals surface area (Å²) in [5.74, 6) is 0.691. The summed E-state index contributed by atoms with van der Waals surface area (Å²) in [6.07, 6.45) is 0. The molecule has 0 unspecified atom stereocenters. The van der Waals surface area contributed by atoms with Gasteiger partial charge in [-0.15, -0.1) is 4.98 Å². The van der Waals surface area contributed by atoms with Crippen LogP contribution in [-0.4, -0.2) is 34.3 Å². The molecular formula is C14H11BrN4O3. The van der Waals surface area contributed by atoms with Gasteiger partial charge in [0, 0.05) is 16.1 Å². The smallest absolute Gasteiger partial charge is 0.323 e. The molecule has 0 saturated heterocycles. The third-order valence-electron chi connectivity index (χ3n) is 2.83. The van der Waals surface area contributed by atoms with E-state index in [4.69, 9.17) is 14.0 Å². The van der Waals surface area contributed by atoms with Crippen molar-refractivity contribution in [2.45, 2.75) is 0 Å². The number of benzene rings is 1. The zero-order valence-corrected chi connectivity index (χ0v) is 13.4. The molecule has 3 aromatic rings. The fraction of sp³-hybridized carbons (Fsp3) is 0.143. The van der Waals surface area contributed by atoms with Gasteiger partial charge in [0.05, 0.1) is 14.2 Å². The molecule has 0 fully saturated rings. The summed E-state index contributed by atoms with van der Waals surface area (Å²) < 4.78 is 16.3. The number of halogens is 1. The molecule has 0 saturated carbocycles. The molecule has 2 heterocycles. The number of ether oxygens (including phenoxy) is 2. The van der Waals surface area contributed by atoms with E-state index < -0.39 is 0 Å². The molecule has 2 aromatic heterocycles. The lowest BCUT2D eigenvalue weighted by Crippen LogP contribution is -2.00. The van der Waals surface area contributed by atoms with Crippen LogP contribution in [0.4, 0.5) is 0 Å². The molecule has 112 valence electrons. The molecule has 0 aliphatic carbocycles.